The molecule has 0 unspecified atom stereocenters. The number of nitrogens with two attached hydrogens (primary N) is 1. The molecule has 104 valence electrons. The van der Waals surface area contributed by atoms with Gasteiger partial charge in [0.25, 0.3) is 0 Å². The van der Waals surface area contributed by atoms with E-state index in [2.05, 4.69) is 0 Å². The first-order valence-electron chi connectivity index (χ1n) is 6.45. The van der Waals surface area contributed by atoms with E-state index in [1.54, 1.807) is 18.2 Å². The third kappa shape index (κ3) is 2.69. The molecule has 0 radical (unpaired) electrons. The summed E-state index contributed by atoms with van der Waals surface area (Å²) >= 11 is 6.08. The molecule has 0 aromatic heterocycles. The maximum Gasteiger partial charge on any atom is 0.139 e. The Morgan fingerprint density at radius 3 is 2.48 bits per heavy atom. The Hall–Kier alpha value is -2.52. The molecule has 0 saturated carbocycles. The number of hydrogen-bond donors (Lipinski definition) is 2. The van der Waals surface area contributed by atoms with Crippen molar-refractivity contribution in [3.8, 4) is 11.5 Å². The Labute approximate surface area is 127 Å². The minimum Gasteiger partial charge on any atom is -0.457 e. The normalized spacial score (nSPS) is 10.5. The Balaban J connectivity index is 2.02. The standard InChI is InChI=1S/C17H13ClN2O/c18-14-6-3-7-15(16(14)17(19)20)21-13-9-8-11-4-1-2-5-12(11)10-13/h1-10H,(H3,19,20). The zero-order valence-corrected chi connectivity index (χ0v) is 11.9. The van der Waals surface area contributed by atoms with Gasteiger partial charge in [-0.05, 0) is 35.0 Å². The monoisotopic (exact) mass is 296 g/mol. The third-order valence-corrected chi connectivity index (χ3v) is 3.51. The molecule has 21 heavy (non-hydrogen) atoms. The Morgan fingerprint density at radius 1 is 0.952 bits per heavy atom. The van der Waals surface area contributed by atoms with Gasteiger partial charge in [0.2, 0.25) is 0 Å². The number of nitrogen functional groups attached to an aromatic ring is 1. The average Bonchev–Trinajstić information content (AvgIpc) is 2.47. The summed E-state index contributed by atoms with van der Waals surface area (Å²) in [6.45, 7) is 0. The lowest BCUT2D eigenvalue weighted by Gasteiger charge is -2.12. The van der Waals surface area contributed by atoms with Gasteiger partial charge in [0.1, 0.15) is 17.3 Å². The highest BCUT2D eigenvalue weighted by Gasteiger charge is 2.12. The summed E-state index contributed by atoms with van der Waals surface area (Å²) in [5.74, 6) is 1.04. The average molecular weight is 297 g/mol. The maximum absolute atomic E-state index is 7.63. The van der Waals surface area contributed by atoms with Gasteiger partial charge < -0.3 is 10.5 Å². The molecule has 3 N–H and O–H groups in total. The van der Waals surface area contributed by atoms with E-state index in [1.165, 1.54) is 0 Å². The van der Waals surface area contributed by atoms with Gasteiger partial charge in [0.15, 0.2) is 0 Å². The minimum absolute atomic E-state index is 0.114. The molecule has 0 aliphatic carbocycles. The second-order valence-corrected chi connectivity index (χ2v) is 5.04. The van der Waals surface area contributed by atoms with Gasteiger partial charge in [-0.25, -0.2) is 0 Å². The molecule has 0 spiro atoms. The van der Waals surface area contributed by atoms with E-state index in [4.69, 9.17) is 27.5 Å². The maximum atomic E-state index is 7.63. The van der Waals surface area contributed by atoms with Crippen LogP contribution < -0.4 is 10.5 Å². The highest BCUT2D eigenvalue weighted by Crippen LogP contribution is 2.31. The van der Waals surface area contributed by atoms with Gasteiger partial charge in [0, 0.05) is 0 Å². The molecule has 0 saturated heterocycles. The van der Waals surface area contributed by atoms with Crippen molar-refractivity contribution in [3.05, 3.63) is 71.2 Å². The summed E-state index contributed by atoms with van der Waals surface area (Å²) in [5, 5.41) is 10.3. The van der Waals surface area contributed by atoms with E-state index in [-0.39, 0.29) is 5.84 Å². The quantitative estimate of drug-likeness (QED) is 0.549. The van der Waals surface area contributed by atoms with Crippen LogP contribution in [0.25, 0.3) is 10.8 Å². The van der Waals surface area contributed by atoms with Crippen molar-refractivity contribution in [1.29, 1.82) is 5.41 Å². The molecule has 3 nitrogen and oxygen atoms in total. The fourth-order valence-corrected chi connectivity index (χ4v) is 2.48. The second-order valence-electron chi connectivity index (χ2n) is 4.64. The van der Waals surface area contributed by atoms with E-state index < -0.39 is 0 Å². The molecule has 3 rings (SSSR count). The highest BCUT2D eigenvalue weighted by atomic mass is 35.5. The zero-order valence-electron chi connectivity index (χ0n) is 11.1. The fraction of sp³-hybridized carbons (Fsp3) is 0. The van der Waals surface area contributed by atoms with Crippen LogP contribution >= 0.6 is 11.6 Å². The van der Waals surface area contributed by atoms with Crippen molar-refractivity contribution in [2.24, 2.45) is 5.73 Å². The molecule has 0 aliphatic heterocycles. The van der Waals surface area contributed by atoms with Crippen LogP contribution in [-0.2, 0) is 0 Å². The second kappa shape index (κ2) is 5.46. The summed E-state index contributed by atoms with van der Waals surface area (Å²) in [6, 6.07) is 19.1. The van der Waals surface area contributed by atoms with Gasteiger partial charge in [0.05, 0.1) is 10.6 Å². The van der Waals surface area contributed by atoms with Crippen molar-refractivity contribution >= 4 is 28.2 Å². The van der Waals surface area contributed by atoms with Crippen LogP contribution in [0.3, 0.4) is 0 Å². The van der Waals surface area contributed by atoms with Gasteiger partial charge in [-0.3, -0.25) is 5.41 Å². The molecule has 0 heterocycles. The fourth-order valence-electron chi connectivity index (χ4n) is 2.21. The third-order valence-electron chi connectivity index (χ3n) is 3.19. The SMILES string of the molecule is N=C(N)c1c(Cl)cccc1Oc1ccc2ccccc2c1. The number of rotatable bonds is 3. The number of amidine groups is 1. The van der Waals surface area contributed by atoms with Crippen molar-refractivity contribution in [2.75, 3.05) is 0 Å². The molecule has 0 amide bonds. The Kier molecular flexibility index (Phi) is 3.50. The topological polar surface area (TPSA) is 59.1 Å². The number of fused-ring (bicyclic) bond motifs is 1. The number of hydrogen-bond acceptors (Lipinski definition) is 2. The predicted octanol–water partition coefficient (Wildman–Crippen LogP) is 4.57. The van der Waals surface area contributed by atoms with Crippen molar-refractivity contribution in [3.63, 3.8) is 0 Å². The van der Waals surface area contributed by atoms with Gasteiger partial charge in [-0.2, -0.15) is 0 Å². The Bertz CT molecular complexity index is 830. The van der Waals surface area contributed by atoms with E-state index in [1.807, 2.05) is 42.5 Å². The molecule has 4 heteroatoms. The summed E-state index contributed by atoms with van der Waals surface area (Å²) in [5.41, 5.74) is 5.99. The lowest BCUT2D eigenvalue weighted by molar-refractivity contribution is 0.482. The number of benzene rings is 3. The van der Waals surface area contributed by atoms with Crippen LogP contribution in [-0.4, -0.2) is 5.84 Å². The van der Waals surface area contributed by atoms with Crippen LogP contribution in [0.15, 0.2) is 60.7 Å². The lowest BCUT2D eigenvalue weighted by atomic mass is 10.1. The predicted molar refractivity (Wildman–Crippen MR) is 86.5 cm³/mol. The largest absolute Gasteiger partial charge is 0.457 e. The van der Waals surface area contributed by atoms with E-state index in [0.29, 0.717) is 22.1 Å². The molecule has 0 bridgehead atoms. The van der Waals surface area contributed by atoms with Crippen LogP contribution in [0.2, 0.25) is 5.02 Å². The van der Waals surface area contributed by atoms with Crippen molar-refractivity contribution < 1.29 is 4.74 Å². The number of ether oxygens (including phenoxy) is 1. The summed E-state index contributed by atoms with van der Waals surface area (Å²) in [7, 11) is 0. The minimum atomic E-state index is -0.114. The molecular weight excluding hydrogens is 284 g/mol. The van der Waals surface area contributed by atoms with Gasteiger partial charge in [-0.15, -0.1) is 0 Å². The van der Waals surface area contributed by atoms with Crippen LogP contribution in [0.4, 0.5) is 0 Å². The van der Waals surface area contributed by atoms with Crippen LogP contribution in [0.5, 0.6) is 11.5 Å². The van der Waals surface area contributed by atoms with E-state index >= 15 is 0 Å². The molecular formula is C17H13ClN2O. The highest BCUT2D eigenvalue weighted by molar-refractivity contribution is 6.34. The number of halogens is 1. The zero-order chi connectivity index (χ0) is 14.8. The lowest BCUT2D eigenvalue weighted by Crippen LogP contribution is -2.13. The van der Waals surface area contributed by atoms with Gasteiger partial charge >= 0.3 is 0 Å². The molecule has 0 atom stereocenters. The smallest absolute Gasteiger partial charge is 0.139 e. The van der Waals surface area contributed by atoms with Crippen molar-refractivity contribution in [1.82, 2.24) is 0 Å². The van der Waals surface area contributed by atoms with E-state index in [0.717, 1.165) is 10.8 Å². The van der Waals surface area contributed by atoms with Crippen molar-refractivity contribution in [2.45, 2.75) is 0 Å². The summed E-state index contributed by atoms with van der Waals surface area (Å²) in [4.78, 5) is 0. The van der Waals surface area contributed by atoms with Gasteiger partial charge in [-0.1, -0.05) is 48.0 Å². The van der Waals surface area contributed by atoms with Crippen LogP contribution in [0, 0.1) is 5.41 Å². The Morgan fingerprint density at radius 2 is 1.71 bits per heavy atom. The summed E-state index contributed by atoms with van der Waals surface area (Å²) < 4.78 is 5.85. The first-order valence-corrected chi connectivity index (χ1v) is 6.82. The van der Waals surface area contributed by atoms with Crippen LogP contribution in [0.1, 0.15) is 5.56 Å². The molecule has 0 fully saturated rings. The molecule has 3 aromatic carbocycles. The van der Waals surface area contributed by atoms with E-state index in [9.17, 15) is 0 Å². The summed E-state index contributed by atoms with van der Waals surface area (Å²) in [6.07, 6.45) is 0. The molecule has 0 aliphatic rings. The first-order chi connectivity index (χ1) is 10.1. The first kappa shape index (κ1) is 13.5. The molecule has 3 aromatic rings. The number of nitrogens with one attached hydrogen (secondary N) is 1.